The normalized spacial score (nSPS) is 14.0. The van der Waals surface area contributed by atoms with E-state index in [-0.39, 0.29) is 0 Å². The van der Waals surface area contributed by atoms with E-state index in [1.165, 1.54) is 79.6 Å². The van der Waals surface area contributed by atoms with Crippen LogP contribution in [0.25, 0.3) is 0 Å². The smallest absolute Gasteiger partial charge is 0.129 e. The van der Waals surface area contributed by atoms with Gasteiger partial charge in [-0.15, -0.1) is 0 Å². The molecule has 0 fully saturated rings. The molecule has 2 N–H and O–H groups in total. The van der Waals surface area contributed by atoms with Crippen molar-refractivity contribution in [3.63, 3.8) is 0 Å². The highest BCUT2D eigenvalue weighted by atomic mass is 15.0. The van der Waals surface area contributed by atoms with Crippen LogP contribution in [-0.2, 0) is 19.3 Å². The maximum Gasteiger partial charge on any atom is 0.129 e. The van der Waals surface area contributed by atoms with Gasteiger partial charge in [-0.05, 0) is 135 Å². The monoisotopic (exact) mass is 868 g/mol. The van der Waals surface area contributed by atoms with Crippen LogP contribution >= 0.6 is 0 Å². The number of nitrogens with zero attached hydrogens (tertiary/aromatic N) is 5. The molecule has 0 saturated heterocycles. The zero-order valence-electron chi connectivity index (χ0n) is 44.0. The summed E-state index contributed by atoms with van der Waals surface area (Å²) in [6, 6.07) is 21.2. The highest BCUT2D eigenvalue weighted by molar-refractivity contribution is 5.85. The number of pyridine rings is 4. The lowest BCUT2D eigenvalue weighted by Gasteiger charge is -2.28. The molecular weight excluding hydrogens is 771 g/mol. The lowest BCUT2D eigenvalue weighted by atomic mass is 9.93. The fraction of sp³-hybridized carbons (Fsp3) is 0.625. The number of aryl methyl sites for hydroxylation is 2. The predicted molar refractivity (Wildman–Crippen MR) is 282 cm³/mol. The van der Waals surface area contributed by atoms with Crippen molar-refractivity contribution in [1.29, 1.82) is 0 Å². The van der Waals surface area contributed by atoms with Crippen LogP contribution in [0.15, 0.2) is 84.2 Å². The third-order valence-electron chi connectivity index (χ3n) is 9.73. The first-order valence-electron chi connectivity index (χ1n) is 25.2. The highest BCUT2D eigenvalue weighted by Gasteiger charge is 2.20. The summed E-state index contributed by atoms with van der Waals surface area (Å²) in [4.78, 5) is 21.8. The first-order chi connectivity index (χ1) is 30.4. The van der Waals surface area contributed by atoms with E-state index in [1.54, 1.807) is 0 Å². The Hall–Kier alpha value is -4.13. The van der Waals surface area contributed by atoms with Crippen LogP contribution in [0.1, 0.15) is 203 Å². The lowest BCUT2D eigenvalue weighted by Crippen LogP contribution is -2.30. The van der Waals surface area contributed by atoms with Gasteiger partial charge in [-0.3, -0.25) is 15.0 Å². The van der Waals surface area contributed by atoms with Crippen LogP contribution in [0.3, 0.4) is 0 Å². The van der Waals surface area contributed by atoms with E-state index < -0.39 is 0 Å². The summed E-state index contributed by atoms with van der Waals surface area (Å²) >= 11 is 0. The molecule has 0 amide bonds. The molecule has 0 radical (unpaired) electrons. The SMILES string of the molecule is CC.CC.CC.CC.CC(C)C1CCc2cccnc2N1.CC(C)CC1=NCCCC1.CC(C)Cc1ccccn1.CC(C)c1ccc2c(n1)NCCC2.CC(C)c1ccccn1. The topological polar surface area (TPSA) is 88.0 Å². The summed E-state index contributed by atoms with van der Waals surface area (Å²) in [7, 11) is 0. The Morgan fingerprint density at radius 1 is 0.540 bits per heavy atom. The Morgan fingerprint density at radius 3 is 1.65 bits per heavy atom. The average Bonchev–Trinajstić information content (AvgIpc) is 3.32. The van der Waals surface area contributed by atoms with Crippen molar-refractivity contribution < 1.29 is 0 Å². The first kappa shape index (κ1) is 61.0. The van der Waals surface area contributed by atoms with Gasteiger partial charge in [0.25, 0.3) is 0 Å². The second-order valence-corrected chi connectivity index (χ2v) is 16.8. The molecule has 4 aromatic heterocycles. The molecule has 3 aliphatic heterocycles. The lowest BCUT2D eigenvalue weighted by molar-refractivity contribution is 0.480. The van der Waals surface area contributed by atoms with Crippen molar-refractivity contribution in [3.8, 4) is 0 Å². The maximum atomic E-state index is 4.60. The number of anilines is 2. The molecule has 3 aliphatic rings. The molecule has 4 aromatic rings. The van der Waals surface area contributed by atoms with E-state index >= 15 is 0 Å². The molecule has 0 spiro atoms. The summed E-state index contributed by atoms with van der Waals surface area (Å²) in [6.45, 7) is 40.2. The standard InChI is InChI=1S/2C11H16N2.C9H17N.C9H13N.C8H11N.4C2H6/c2*1-8(2)10-6-5-9-4-3-7-12-11(9)13-10;2*1-8(2)7-9-5-3-4-6-10-9;1-7(2)8-5-3-4-6-9-8;4*1-2/h5-6,8H,3-4,7H2,1-2H3,(H,12,13);3-4,7-8,10H,5-6H2,1-2H3,(H,12,13);8H,3-7H2,1-2H3;3-6,8H,7H2,1-2H3;3-7H,1-2H3;4*1-2H3. The Kier molecular flexibility index (Phi) is 38.2. The molecule has 0 bridgehead atoms. The fourth-order valence-corrected chi connectivity index (χ4v) is 6.54. The van der Waals surface area contributed by atoms with Crippen LogP contribution in [0.2, 0.25) is 0 Å². The van der Waals surface area contributed by atoms with Gasteiger partial charge in [0.2, 0.25) is 0 Å². The molecule has 0 aromatic carbocycles. The summed E-state index contributed by atoms with van der Waals surface area (Å²) in [5, 5.41) is 6.83. The van der Waals surface area contributed by atoms with Crippen molar-refractivity contribution in [2.45, 2.75) is 200 Å². The fourth-order valence-electron chi connectivity index (χ4n) is 6.54. The molecule has 1 unspecified atom stereocenters. The summed E-state index contributed by atoms with van der Waals surface area (Å²) in [5.74, 6) is 5.45. The van der Waals surface area contributed by atoms with Crippen LogP contribution in [-0.4, -0.2) is 44.8 Å². The van der Waals surface area contributed by atoms with Crippen molar-refractivity contribution in [2.24, 2.45) is 22.7 Å². The van der Waals surface area contributed by atoms with Gasteiger partial charge in [0, 0.05) is 60.5 Å². The summed E-state index contributed by atoms with van der Waals surface area (Å²) < 4.78 is 0. The molecule has 63 heavy (non-hydrogen) atoms. The van der Waals surface area contributed by atoms with Gasteiger partial charge in [-0.1, -0.05) is 149 Å². The molecule has 7 rings (SSSR count). The summed E-state index contributed by atoms with van der Waals surface area (Å²) in [5.41, 5.74) is 7.74. The number of hydrogen-bond donors (Lipinski definition) is 2. The van der Waals surface area contributed by atoms with Crippen molar-refractivity contribution >= 4 is 17.3 Å². The van der Waals surface area contributed by atoms with Crippen LogP contribution < -0.4 is 10.6 Å². The number of hydrogen-bond acceptors (Lipinski definition) is 7. The van der Waals surface area contributed by atoms with Crippen LogP contribution in [0, 0.1) is 17.8 Å². The largest absolute Gasteiger partial charge is 0.370 e. The number of fused-ring (bicyclic) bond motifs is 2. The minimum Gasteiger partial charge on any atom is -0.370 e. The first-order valence-corrected chi connectivity index (χ1v) is 25.2. The third-order valence-corrected chi connectivity index (χ3v) is 9.73. The van der Waals surface area contributed by atoms with Gasteiger partial charge >= 0.3 is 0 Å². The molecule has 7 nitrogen and oxygen atoms in total. The Balaban J connectivity index is 0. The second kappa shape index (κ2) is 39.5. The quantitative estimate of drug-likeness (QED) is 0.192. The number of aromatic nitrogens is 4. The Bertz CT molecular complexity index is 1630. The van der Waals surface area contributed by atoms with E-state index in [4.69, 9.17) is 0 Å². The van der Waals surface area contributed by atoms with Gasteiger partial charge in [-0.2, -0.15) is 0 Å². The van der Waals surface area contributed by atoms with E-state index in [0.717, 1.165) is 42.8 Å². The second-order valence-electron chi connectivity index (χ2n) is 16.8. The molecule has 0 aliphatic carbocycles. The van der Waals surface area contributed by atoms with Gasteiger partial charge in [0.05, 0.1) is 0 Å². The third kappa shape index (κ3) is 28.3. The van der Waals surface area contributed by atoms with Crippen molar-refractivity contribution in [3.05, 3.63) is 107 Å². The molecule has 7 heterocycles. The van der Waals surface area contributed by atoms with Gasteiger partial charge in [0.1, 0.15) is 11.6 Å². The molecule has 356 valence electrons. The van der Waals surface area contributed by atoms with Gasteiger partial charge in [0.15, 0.2) is 0 Å². The van der Waals surface area contributed by atoms with Gasteiger partial charge in [-0.25, -0.2) is 9.97 Å². The van der Waals surface area contributed by atoms with E-state index in [0.29, 0.717) is 29.7 Å². The van der Waals surface area contributed by atoms with Gasteiger partial charge < -0.3 is 10.6 Å². The van der Waals surface area contributed by atoms with Crippen molar-refractivity contribution in [1.82, 2.24) is 19.9 Å². The predicted octanol–water partition coefficient (Wildman–Crippen LogP) is 16.3. The average molecular weight is 868 g/mol. The van der Waals surface area contributed by atoms with Crippen molar-refractivity contribution in [2.75, 3.05) is 23.7 Å². The Morgan fingerprint density at radius 2 is 1.14 bits per heavy atom. The highest BCUT2D eigenvalue weighted by Crippen LogP contribution is 2.25. The zero-order chi connectivity index (χ0) is 48.0. The molecule has 1 atom stereocenters. The number of rotatable bonds is 7. The van der Waals surface area contributed by atoms with E-state index in [9.17, 15) is 0 Å². The minimum atomic E-state index is 0.522. The number of nitrogens with one attached hydrogen (secondary N) is 2. The zero-order valence-corrected chi connectivity index (χ0v) is 44.0. The molecule has 0 saturated carbocycles. The van der Waals surface area contributed by atoms with E-state index in [2.05, 4.69) is 129 Å². The maximum absolute atomic E-state index is 4.60. The minimum absolute atomic E-state index is 0.522. The molecule has 7 heteroatoms. The number of aliphatic imine (C=N–C) groups is 1. The molecular formula is C56H97N7. The summed E-state index contributed by atoms with van der Waals surface area (Å²) in [6.07, 6.45) is 16.6. The Labute approximate surface area is 390 Å². The van der Waals surface area contributed by atoms with Crippen LogP contribution in [0.4, 0.5) is 11.6 Å². The van der Waals surface area contributed by atoms with Crippen LogP contribution in [0.5, 0.6) is 0 Å². The van der Waals surface area contributed by atoms with E-state index in [1.807, 2.05) is 110 Å².